The van der Waals surface area contributed by atoms with E-state index >= 15 is 4.39 Å². The second-order valence-electron chi connectivity index (χ2n) is 13.6. The lowest BCUT2D eigenvalue weighted by Gasteiger charge is -2.37. The number of carbonyl (C=O) groups excluding carboxylic acids is 2. The molecule has 1 N–H and O–H groups in total. The van der Waals surface area contributed by atoms with Gasteiger partial charge in [0.15, 0.2) is 0 Å². The van der Waals surface area contributed by atoms with Gasteiger partial charge in [-0.1, -0.05) is 20.8 Å². The van der Waals surface area contributed by atoms with E-state index < -0.39 is 48.4 Å². The van der Waals surface area contributed by atoms with Crippen LogP contribution in [0.3, 0.4) is 0 Å². The second-order valence-corrected chi connectivity index (χ2v) is 20.3. The first-order valence-electron chi connectivity index (χ1n) is 15.5. The smallest absolute Gasteiger partial charge is 0.341 e. The molecule has 1 aromatic heterocycles. The Bertz CT molecular complexity index is 2020. The van der Waals surface area contributed by atoms with Crippen LogP contribution < -0.4 is 14.0 Å². The molecule has 0 unspecified atom stereocenters. The molecule has 9 nitrogen and oxygen atoms in total. The van der Waals surface area contributed by atoms with Crippen LogP contribution >= 0.6 is 0 Å². The number of carbonyl (C=O) groups is 2. The number of sulfonamides is 1. The van der Waals surface area contributed by atoms with Crippen molar-refractivity contribution in [2.75, 3.05) is 24.7 Å². The van der Waals surface area contributed by atoms with Gasteiger partial charge >= 0.3 is 5.97 Å². The molecule has 0 radical (unpaired) electrons. The standard InChI is InChI=1S/C35H40F2N2O7SSi/c1-35(2,3)48(7,8)46-30-17-27(37)22(15-26(30)34(41)44-5)19-39(47(6,42)43)28-18-29-25(16-24(28)20-9-10-20)31(33(40)38-4)32(45-29)21-11-13-23(36)14-12-21/h11-18,20H,9-10,19H2,1-8H3,(H,38,40). The summed E-state index contributed by atoms with van der Waals surface area (Å²) >= 11 is 0. The maximum absolute atomic E-state index is 15.9. The molecule has 1 aliphatic carbocycles. The number of ether oxygens (including phenoxy) is 1. The van der Waals surface area contributed by atoms with Crippen molar-refractivity contribution in [1.29, 1.82) is 0 Å². The second kappa shape index (κ2) is 12.7. The van der Waals surface area contributed by atoms with Crippen LogP contribution in [0.25, 0.3) is 22.3 Å². The normalized spacial score (nSPS) is 13.8. The number of halogens is 2. The van der Waals surface area contributed by atoms with Crippen LogP contribution in [-0.2, 0) is 21.3 Å². The van der Waals surface area contributed by atoms with Crippen LogP contribution in [0.15, 0.2) is 52.9 Å². The molecular formula is C35H40F2N2O7SSi. The van der Waals surface area contributed by atoms with Gasteiger partial charge in [-0.2, -0.15) is 0 Å². The average molecular weight is 699 g/mol. The van der Waals surface area contributed by atoms with Gasteiger partial charge in [-0.3, -0.25) is 9.10 Å². The molecule has 256 valence electrons. The predicted molar refractivity (Wildman–Crippen MR) is 184 cm³/mol. The lowest BCUT2D eigenvalue weighted by atomic mass is 10.00. The number of methoxy groups -OCH3 is 1. The minimum Gasteiger partial charge on any atom is -0.543 e. The first kappa shape index (κ1) is 35.1. The van der Waals surface area contributed by atoms with Crippen LogP contribution in [-0.4, -0.2) is 49.0 Å². The number of nitrogens with one attached hydrogen (secondary N) is 1. The SMILES string of the molecule is CNC(=O)c1c(-c2ccc(F)cc2)oc2cc(N(Cc3cc(C(=O)OC)c(O[Si](C)(C)C(C)(C)C)cc3F)S(C)(=O)=O)c(C3CC3)cc12. The molecule has 1 aliphatic rings. The van der Waals surface area contributed by atoms with Crippen molar-refractivity contribution in [2.45, 2.75) is 64.2 Å². The van der Waals surface area contributed by atoms with E-state index in [1.807, 2.05) is 33.9 Å². The number of amides is 1. The van der Waals surface area contributed by atoms with Crippen LogP contribution in [0.4, 0.5) is 14.5 Å². The zero-order chi connectivity index (χ0) is 35.3. The molecule has 4 aromatic rings. The minimum atomic E-state index is -4.04. The Hall–Kier alpha value is -4.23. The molecule has 5 rings (SSSR count). The molecule has 1 amide bonds. The largest absolute Gasteiger partial charge is 0.543 e. The first-order valence-corrected chi connectivity index (χ1v) is 20.3. The molecule has 48 heavy (non-hydrogen) atoms. The average Bonchev–Trinajstić information content (AvgIpc) is 3.78. The number of hydrogen-bond acceptors (Lipinski definition) is 7. The summed E-state index contributed by atoms with van der Waals surface area (Å²) in [5.74, 6) is -2.17. The Labute approximate surface area is 280 Å². The van der Waals surface area contributed by atoms with Crippen LogP contribution in [0.2, 0.25) is 18.1 Å². The Morgan fingerprint density at radius 3 is 2.25 bits per heavy atom. The number of nitrogens with zero attached hydrogens (tertiary/aromatic N) is 1. The summed E-state index contributed by atoms with van der Waals surface area (Å²) in [6, 6.07) is 11.2. The summed E-state index contributed by atoms with van der Waals surface area (Å²) in [7, 11) is -3.86. The fourth-order valence-corrected chi connectivity index (χ4v) is 7.19. The van der Waals surface area contributed by atoms with Gasteiger partial charge in [0, 0.05) is 35.7 Å². The van der Waals surface area contributed by atoms with Gasteiger partial charge in [0.1, 0.15) is 34.3 Å². The quantitative estimate of drug-likeness (QED) is 0.133. The summed E-state index contributed by atoms with van der Waals surface area (Å²) in [6.07, 6.45) is 2.59. The van der Waals surface area contributed by atoms with E-state index in [9.17, 15) is 22.4 Å². The zero-order valence-electron chi connectivity index (χ0n) is 28.3. The Morgan fingerprint density at radius 2 is 1.71 bits per heavy atom. The highest BCUT2D eigenvalue weighted by Crippen LogP contribution is 2.48. The number of furan rings is 1. The Morgan fingerprint density at radius 1 is 1.06 bits per heavy atom. The third-order valence-corrected chi connectivity index (χ3v) is 14.6. The highest BCUT2D eigenvalue weighted by molar-refractivity contribution is 7.92. The van der Waals surface area contributed by atoms with Crippen LogP contribution in [0, 0.1) is 11.6 Å². The summed E-state index contributed by atoms with van der Waals surface area (Å²) < 4.78 is 75.2. The molecule has 13 heteroatoms. The summed E-state index contributed by atoms with van der Waals surface area (Å²) in [5, 5.41) is 2.83. The highest BCUT2D eigenvalue weighted by Gasteiger charge is 2.40. The molecule has 0 spiro atoms. The molecule has 0 bridgehead atoms. The molecule has 0 saturated heterocycles. The minimum absolute atomic E-state index is 0.00815. The van der Waals surface area contributed by atoms with Gasteiger partial charge in [-0.15, -0.1) is 0 Å². The van der Waals surface area contributed by atoms with Crippen molar-refractivity contribution in [3.63, 3.8) is 0 Å². The van der Waals surface area contributed by atoms with E-state index in [2.05, 4.69) is 5.32 Å². The monoisotopic (exact) mass is 698 g/mol. The van der Waals surface area contributed by atoms with Crippen molar-refractivity contribution in [3.8, 4) is 17.1 Å². The number of hydrogen-bond donors (Lipinski definition) is 1. The molecule has 0 aliphatic heterocycles. The van der Waals surface area contributed by atoms with E-state index in [0.29, 0.717) is 16.5 Å². The number of anilines is 1. The van der Waals surface area contributed by atoms with E-state index in [-0.39, 0.29) is 50.4 Å². The van der Waals surface area contributed by atoms with Crippen LogP contribution in [0.1, 0.15) is 71.4 Å². The fraction of sp³-hybridized carbons (Fsp3) is 0.371. The first-order chi connectivity index (χ1) is 22.4. The molecule has 0 atom stereocenters. The van der Waals surface area contributed by atoms with E-state index in [4.69, 9.17) is 13.6 Å². The van der Waals surface area contributed by atoms with Gasteiger partial charge in [0.2, 0.25) is 10.0 Å². The topological polar surface area (TPSA) is 115 Å². The summed E-state index contributed by atoms with van der Waals surface area (Å²) in [5.41, 5.74) is 1.72. The van der Waals surface area contributed by atoms with E-state index in [0.717, 1.165) is 29.5 Å². The van der Waals surface area contributed by atoms with Gasteiger partial charge in [-0.05, 0) is 78.9 Å². The molecule has 1 fully saturated rings. The maximum atomic E-state index is 15.9. The van der Waals surface area contributed by atoms with Gasteiger partial charge in [0.05, 0.1) is 31.2 Å². The number of benzene rings is 3. The Kier molecular flexibility index (Phi) is 9.25. The third kappa shape index (κ3) is 6.84. The molecule has 1 heterocycles. The van der Waals surface area contributed by atoms with Crippen molar-refractivity contribution >= 4 is 46.9 Å². The predicted octanol–water partition coefficient (Wildman–Crippen LogP) is 7.75. The van der Waals surface area contributed by atoms with Crippen LogP contribution in [0.5, 0.6) is 5.75 Å². The maximum Gasteiger partial charge on any atom is 0.341 e. The molecular weight excluding hydrogens is 659 g/mol. The van der Waals surface area contributed by atoms with Gasteiger partial charge in [-0.25, -0.2) is 22.0 Å². The lowest BCUT2D eigenvalue weighted by molar-refractivity contribution is 0.0598. The Balaban J connectivity index is 1.67. The fourth-order valence-electron chi connectivity index (χ4n) is 5.28. The summed E-state index contributed by atoms with van der Waals surface area (Å²) in [6.45, 7) is 9.52. The van der Waals surface area contributed by atoms with Crippen molar-refractivity contribution < 1.29 is 40.4 Å². The van der Waals surface area contributed by atoms with Crippen molar-refractivity contribution in [1.82, 2.24) is 5.32 Å². The summed E-state index contributed by atoms with van der Waals surface area (Å²) in [4.78, 5) is 26.1. The zero-order valence-corrected chi connectivity index (χ0v) is 30.1. The molecule has 1 saturated carbocycles. The number of esters is 1. The van der Waals surface area contributed by atoms with E-state index in [1.54, 1.807) is 6.07 Å². The van der Waals surface area contributed by atoms with Gasteiger partial charge in [0.25, 0.3) is 14.2 Å². The highest BCUT2D eigenvalue weighted by atomic mass is 32.2. The van der Waals surface area contributed by atoms with Crippen molar-refractivity contribution in [3.05, 3.63) is 82.4 Å². The molecule has 3 aromatic carbocycles. The van der Waals surface area contributed by atoms with E-state index in [1.165, 1.54) is 50.6 Å². The number of rotatable bonds is 10. The van der Waals surface area contributed by atoms with Crippen molar-refractivity contribution in [2.24, 2.45) is 0 Å². The third-order valence-electron chi connectivity index (χ3n) is 9.12. The number of fused-ring (bicyclic) bond motifs is 1. The lowest BCUT2D eigenvalue weighted by Crippen LogP contribution is -2.44. The van der Waals surface area contributed by atoms with Gasteiger partial charge < -0.3 is 18.9 Å².